The Balaban J connectivity index is 1.70. The van der Waals surface area contributed by atoms with E-state index in [0.29, 0.717) is 12.6 Å². The predicted molar refractivity (Wildman–Crippen MR) is 84.6 cm³/mol. The highest BCUT2D eigenvalue weighted by atomic mass is 16.5. The van der Waals surface area contributed by atoms with Gasteiger partial charge in [-0.1, -0.05) is 0 Å². The van der Waals surface area contributed by atoms with Crippen LogP contribution in [0.15, 0.2) is 6.07 Å². The number of likely N-dealkylation sites (N-methyl/N-ethyl adjacent to an activating group) is 1. The van der Waals surface area contributed by atoms with Gasteiger partial charge < -0.3 is 14.7 Å². The quantitative estimate of drug-likeness (QED) is 0.894. The van der Waals surface area contributed by atoms with Crippen molar-refractivity contribution in [3.8, 4) is 0 Å². The molecular formula is C16H28N4O2. The number of rotatable bonds is 4. The van der Waals surface area contributed by atoms with E-state index in [1.807, 2.05) is 19.0 Å². The highest BCUT2D eigenvalue weighted by Crippen LogP contribution is 2.23. The number of fused-ring (bicyclic) bond motifs is 1. The number of aromatic nitrogens is 2. The minimum Gasteiger partial charge on any atom is -0.385 e. The summed E-state index contributed by atoms with van der Waals surface area (Å²) in [6.07, 6.45) is 2.87. The van der Waals surface area contributed by atoms with Gasteiger partial charge in [0.05, 0.1) is 11.4 Å². The largest absolute Gasteiger partial charge is 0.385 e. The third-order valence-corrected chi connectivity index (χ3v) is 4.65. The number of aryl methyl sites for hydroxylation is 1. The van der Waals surface area contributed by atoms with Crippen LogP contribution < -0.4 is 0 Å². The summed E-state index contributed by atoms with van der Waals surface area (Å²) in [4.78, 5) is 4.56. The van der Waals surface area contributed by atoms with Crippen molar-refractivity contribution in [3.05, 3.63) is 17.5 Å². The molecule has 0 aromatic carbocycles. The van der Waals surface area contributed by atoms with Gasteiger partial charge in [-0.2, -0.15) is 5.10 Å². The van der Waals surface area contributed by atoms with Crippen molar-refractivity contribution < 1.29 is 9.84 Å². The van der Waals surface area contributed by atoms with Gasteiger partial charge in [0, 0.05) is 45.4 Å². The molecule has 3 rings (SSSR count). The normalized spacial score (nSPS) is 22.5. The Morgan fingerprint density at radius 2 is 2.14 bits per heavy atom. The Morgan fingerprint density at radius 1 is 1.36 bits per heavy atom. The molecule has 1 aromatic heterocycles. The molecule has 0 radical (unpaired) electrons. The van der Waals surface area contributed by atoms with Crippen LogP contribution in [-0.4, -0.2) is 71.1 Å². The Labute approximate surface area is 132 Å². The lowest BCUT2D eigenvalue weighted by Gasteiger charge is -2.33. The van der Waals surface area contributed by atoms with E-state index in [9.17, 15) is 5.11 Å². The van der Waals surface area contributed by atoms with Crippen LogP contribution in [0.25, 0.3) is 0 Å². The first-order chi connectivity index (χ1) is 10.6. The molecule has 0 unspecified atom stereocenters. The minimum atomic E-state index is -0.508. The lowest BCUT2D eigenvalue weighted by atomic mass is 10.1. The number of nitrogens with zero attached hydrogens (tertiary/aromatic N) is 4. The molecule has 0 spiro atoms. The molecule has 0 amide bonds. The number of ether oxygens (including phenoxy) is 1. The lowest BCUT2D eigenvalue weighted by Crippen LogP contribution is -2.39. The van der Waals surface area contributed by atoms with Crippen LogP contribution in [-0.2, 0) is 17.8 Å². The third-order valence-electron chi connectivity index (χ3n) is 4.65. The van der Waals surface area contributed by atoms with Gasteiger partial charge in [0.2, 0.25) is 0 Å². The molecule has 2 aliphatic heterocycles. The molecule has 22 heavy (non-hydrogen) atoms. The predicted octanol–water partition coefficient (Wildman–Crippen LogP) is 0.863. The molecule has 1 fully saturated rings. The van der Waals surface area contributed by atoms with Gasteiger partial charge in [0.25, 0.3) is 0 Å². The Kier molecular flexibility index (Phi) is 5.13. The number of hydrogen-bond donors (Lipinski definition) is 1. The maximum atomic E-state index is 10.3. The van der Waals surface area contributed by atoms with Crippen LogP contribution in [0.2, 0.25) is 0 Å². The fourth-order valence-electron chi connectivity index (χ4n) is 3.47. The molecule has 1 aromatic rings. The van der Waals surface area contributed by atoms with Crippen molar-refractivity contribution in [2.45, 2.75) is 44.5 Å². The fourth-order valence-corrected chi connectivity index (χ4v) is 3.47. The number of hydrogen-bond acceptors (Lipinski definition) is 5. The number of aliphatic hydroxyl groups excluding tert-OH is 1. The second-order valence-electron chi connectivity index (χ2n) is 6.73. The molecule has 0 saturated carbocycles. The summed E-state index contributed by atoms with van der Waals surface area (Å²) in [5, 5.41) is 14.9. The van der Waals surface area contributed by atoms with Crippen LogP contribution in [0.4, 0.5) is 0 Å². The topological polar surface area (TPSA) is 53.8 Å². The third kappa shape index (κ3) is 3.68. The van der Waals surface area contributed by atoms with Gasteiger partial charge in [-0.25, -0.2) is 0 Å². The van der Waals surface area contributed by atoms with E-state index in [4.69, 9.17) is 4.74 Å². The lowest BCUT2D eigenvalue weighted by molar-refractivity contribution is 0.0315. The molecule has 124 valence electrons. The van der Waals surface area contributed by atoms with Gasteiger partial charge in [-0.3, -0.25) is 9.58 Å². The van der Waals surface area contributed by atoms with E-state index < -0.39 is 6.10 Å². The summed E-state index contributed by atoms with van der Waals surface area (Å²) >= 11 is 0. The molecule has 1 N–H and O–H groups in total. The fraction of sp³-hybridized carbons (Fsp3) is 0.812. The zero-order chi connectivity index (χ0) is 15.5. The first-order valence-electron chi connectivity index (χ1n) is 8.34. The average Bonchev–Trinajstić information content (AvgIpc) is 2.80. The Bertz CT molecular complexity index is 482. The van der Waals surface area contributed by atoms with Crippen LogP contribution in [0.3, 0.4) is 0 Å². The second kappa shape index (κ2) is 7.08. The average molecular weight is 308 g/mol. The van der Waals surface area contributed by atoms with E-state index in [1.165, 1.54) is 5.69 Å². The van der Waals surface area contributed by atoms with Crippen molar-refractivity contribution >= 4 is 0 Å². The molecule has 3 heterocycles. The van der Waals surface area contributed by atoms with Gasteiger partial charge in [0.15, 0.2) is 0 Å². The summed E-state index contributed by atoms with van der Waals surface area (Å²) < 4.78 is 7.57. The summed E-state index contributed by atoms with van der Waals surface area (Å²) in [6.45, 7) is 5.39. The van der Waals surface area contributed by atoms with E-state index in [-0.39, 0.29) is 0 Å². The van der Waals surface area contributed by atoms with E-state index in [1.54, 1.807) is 0 Å². The van der Waals surface area contributed by atoms with Crippen LogP contribution in [0, 0.1) is 0 Å². The molecule has 6 nitrogen and oxygen atoms in total. The summed E-state index contributed by atoms with van der Waals surface area (Å²) in [7, 11) is 3.94. The SMILES string of the molecule is CN(C)C[C@H](O)c1cc2n(n1)CCCN(C1CCOCC1)C2. The molecule has 0 aliphatic carbocycles. The van der Waals surface area contributed by atoms with Crippen molar-refractivity contribution in [2.75, 3.05) is 40.4 Å². The minimum absolute atomic E-state index is 0.508. The smallest absolute Gasteiger partial charge is 0.110 e. The highest BCUT2D eigenvalue weighted by Gasteiger charge is 2.25. The monoisotopic (exact) mass is 308 g/mol. The Morgan fingerprint density at radius 3 is 2.86 bits per heavy atom. The van der Waals surface area contributed by atoms with Crippen LogP contribution in [0.1, 0.15) is 36.8 Å². The molecule has 1 atom stereocenters. The van der Waals surface area contributed by atoms with Gasteiger partial charge in [-0.05, 0) is 39.4 Å². The van der Waals surface area contributed by atoms with Crippen molar-refractivity contribution in [1.82, 2.24) is 19.6 Å². The first-order valence-corrected chi connectivity index (χ1v) is 8.34. The van der Waals surface area contributed by atoms with Crippen molar-refractivity contribution in [2.24, 2.45) is 0 Å². The summed E-state index contributed by atoms with van der Waals surface area (Å²) in [6, 6.07) is 2.72. The maximum Gasteiger partial charge on any atom is 0.110 e. The molecule has 2 aliphatic rings. The highest BCUT2D eigenvalue weighted by molar-refractivity contribution is 5.14. The van der Waals surface area contributed by atoms with E-state index in [2.05, 4.69) is 20.7 Å². The standard InChI is InChI=1S/C16H28N4O2/c1-18(2)12-16(21)15-10-14-11-19(6-3-7-20(14)17-15)13-4-8-22-9-5-13/h10,13,16,21H,3-9,11-12H2,1-2H3/t16-/m0/s1. The van der Waals surface area contributed by atoms with E-state index in [0.717, 1.165) is 57.8 Å². The summed E-state index contributed by atoms with van der Waals surface area (Å²) in [5.41, 5.74) is 2.04. The van der Waals surface area contributed by atoms with Crippen molar-refractivity contribution in [3.63, 3.8) is 0 Å². The molecule has 1 saturated heterocycles. The molecular weight excluding hydrogens is 280 g/mol. The second-order valence-corrected chi connectivity index (χ2v) is 6.73. The van der Waals surface area contributed by atoms with Crippen LogP contribution in [0.5, 0.6) is 0 Å². The van der Waals surface area contributed by atoms with Crippen LogP contribution >= 0.6 is 0 Å². The maximum absolute atomic E-state index is 10.3. The number of aliphatic hydroxyl groups is 1. The molecule has 0 bridgehead atoms. The Hall–Kier alpha value is -0.950. The van der Waals surface area contributed by atoms with Gasteiger partial charge in [-0.15, -0.1) is 0 Å². The first kappa shape index (κ1) is 15.9. The van der Waals surface area contributed by atoms with E-state index >= 15 is 0 Å². The zero-order valence-corrected chi connectivity index (χ0v) is 13.7. The van der Waals surface area contributed by atoms with Crippen molar-refractivity contribution in [1.29, 1.82) is 0 Å². The summed E-state index contributed by atoms with van der Waals surface area (Å²) in [5.74, 6) is 0. The molecule has 6 heteroatoms. The van der Waals surface area contributed by atoms with Gasteiger partial charge in [0.1, 0.15) is 6.10 Å². The van der Waals surface area contributed by atoms with Gasteiger partial charge >= 0.3 is 0 Å². The zero-order valence-electron chi connectivity index (χ0n) is 13.7.